The summed E-state index contributed by atoms with van der Waals surface area (Å²) in [4.78, 5) is 16.8. The highest BCUT2D eigenvalue weighted by Gasteiger charge is 2.20. The molecule has 3 rings (SSSR count). The zero-order valence-corrected chi connectivity index (χ0v) is 16.7. The quantitative estimate of drug-likeness (QED) is 0.796. The highest BCUT2D eigenvalue weighted by atomic mass is 35.5. The fourth-order valence-corrected chi connectivity index (χ4v) is 3.50. The predicted molar refractivity (Wildman–Crippen MR) is 103 cm³/mol. The number of aromatic nitrogens is 4. The standard InChI is InChI=1S/C15H22N6OS.2ClH/c1-3-14-18-13(9-23-14)10(2)17-15(22)12-8-21(20-19-12)11-4-6-16-7-5-11;;/h8-11,16H,3-7H2,1-2H3,(H,17,22);2*1H. The van der Waals surface area contributed by atoms with E-state index in [0.29, 0.717) is 11.7 Å². The van der Waals surface area contributed by atoms with Gasteiger partial charge < -0.3 is 10.6 Å². The third-order valence-corrected chi connectivity index (χ3v) is 5.10. The molecule has 1 aliphatic heterocycles. The molecule has 10 heteroatoms. The molecule has 0 saturated carbocycles. The first-order valence-electron chi connectivity index (χ1n) is 8.05. The molecule has 3 heterocycles. The molecule has 0 aromatic carbocycles. The summed E-state index contributed by atoms with van der Waals surface area (Å²) in [5.41, 5.74) is 1.26. The monoisotopic (exact) mass is 406 g/mol. The van der Waals surface area contributed by atoms with E-state index >= 15 is 0 Å². The Kier molecular flexibility index (Phi) is 8.78. The molecule has 25 heavy (non-hydrogen) atoms. The minimum absolute atomic E-state index is 0. The van der Waals surface area contributed by atoms with Gasteiger partial charge in [-0.15, -0.1) is 41.2 Å². The van der Waals surface area contributed by atoms with Crippen molar-refractivity contribution < 1.29 is 4.79 Å². The Balaban J connectivity index is 0.00000156. The summed E-state index contributed by atoms with van der Waals surface area (Å²) < 4.78 is 1.82. The van der Waals surface area contributed by atoms with Crippen LogP contribution in [0.5, 0.6) is 0 Å². The van der Waals surface area contributed by atoms with Gasteiger partial charge in [-0.3, -0.25) is 4.79 Å². The lowest BCUT2D eigenvalue weighted by atomic mass is 10.1. The molecule has 1 amide bonds. The molecule has 1 atom stereocenters. The number of carbonyl (C=O) groups excluding carboxylic acids is 1. The van der Waals surface area contributed by atoms with E-state index in [1.165, 1.54) is 0 Å². The average Bonchev–Trinajstić information content (AvgIpc) is 3.25. The highest BCUT2D eigenvalue weighted by Crippen LogP contribution is 2.19. The number of hydrogen-bond donors (Lipinski definition) is 2. The zero-order valence-electron chi connectivity index (χ0n) is 14.3. The van der Waals surface area contributed by atoms with Gasteiger partial charge in [-0.05, 0) is 39.3 Å². The highest BCUT2D eigenvalue weighted by molar-refractivity contribution is 7.09. The molecule has 140 valence electrons. The van der Waals surface area contributed by atoms with Gasteiger partial charge in [0.05, 0.1) is 29.0 Å². The van der Waals surface area contributed by atoms with Crippen molar-refractivity contribution in [2.24, 2.45) is 0 Å². The molecule has 2 aromatic rings. The number of hydrogen-bond acceptors (Lipinski definition) is 6. The van der Waals surface area contributed by atoms with Crippen molar-refractivity contribution in [1.82, 2.24) is 30.6 Å². The third-order valence-electron chi connectivity index (χ3n) is 4.09. The van der Waals surface area contributed by atoms with Crippen LogP contribution in [-0.2, 0) is 6.42 Å². The van der Waals surface area contributed by atoms with Crippen molar-refractivity contribution in [1.29, 1.82) is 0 Å². The fraction of sp³-hybridized carbons (Fsp3) is 0.600. The Bertz CT molecular complexity index is 671. The number of amides is 1. The van der Waals surface area contributed by atoms with E-state index in [2.05, 4.69) is 32.9 Å². The molecule has 1 saturated heterocycles. The van der Waals surface area contributed by atoms with Gasteiger partial charge in [0.1, 0.15) is 0 Å². The molecule has 2 N–H and O–H groups in total. The first-order chi connectivity index (χ1) is 11.2. The summed E-state index contributed by atoms with van der Waals surface area (Å²) in [6.07, 6.45) is 4.69. The van der Waals surface area contributed by atoms with Crippen LogP contribution in [-0.4, -0.2) is 39.0 Å². The van der Waals surface area contributed by atoms with Crippen LogP contribution >= 0.6 is 36.2 Å². The van der Waals surface area contributed by atoms with E-state index in [0.717, 1.165) is 43.1 Å². The number of piperidine rings is 1. The number of nitrogens with zero attached hydrogens (tertiary/aromatic N) is 4. The second kappa shape index (κ2) is 10.1. The van der Waals surface area contributed by atoms with Crippen LogP contribution in [0.1, 0.15) is 60.0 Å². The van der Waals surface area contributed by atoms with E-state index in [4.69, 9.17) is 0 Å². The molecule has 0 spiro atoms. The van der Waals surface area contributed by atoms with Crippen molar-refractivity contribution in [3.05, 3.63) is 28.0 Å². The van der Waals surface area contributed by atoms with E-state index in [9.17, 15) is 4.79 Å². The van der Waals surface area contributed by atoms with Gasteiger partial charge in [0.25, 0.3) is 5.91 Å². The molecule has 0 bridgehead atoms. The third kappa shape index (κ3) is 5.37. The molecule has 1 aliphatic rings. The number of carbonyl (C=O) groups is 1. The van der Waals surface area contributed by atoms with Crippen LogP contribution in [0.2, 0.25) is 0 Å². The van der Waals surface area contributed by atoms with Gasteiger partial charge in [0.2, 0.25) is 0 Å². The summed E-state index contributed by atoms with van der Waals surface area (Å²) in [6, 6.07) is 0.191. The molecule has 7 nitrogen and oxygen atoms in total. The predicted octanol–water partition coefficient (Wildman–Crippen LogP) is 2.56. The number of nitrogens with one attached hydrogen (secondary N) is 2. The Labute approximate surface area is 163 Å². The van der Waals surface area contributed by atoms with Gasteiger partial charge >= 0.3 is 0 Å². The van der Waals surface area contributed by atoms with Crippen LogP contribution < -0.4 is 10.6 Å². The maximum Gasteiger partial charge on any atom is 0.273 e. The summed E-state index contributed by atoms with van der Waals surface area (Å²) in [6.45, 7) is 5.97. The van der Waals surface area contributed by atoms with Crippen molar-refractivity contribution in [3.63, 3.8) is 0 Å². The SMILES string of the molecule is CCc1nc(C(C)NC(=O)c2cn(C3CCNCC3)nn2)cs1.Cl.Cl. The summed E-state index contributed by atoms with van der Waals surface area (Å²) >= 11 is 1.62. The number of halogens is 2. The molecule has 1 fully saturated rings. The van der Waals surface area contributed by atoms with E-state index < -0.39 is 0 Å². The molecular formula is C15H24Cl2N6OS. The Morgan fingerprint density at radius 2 is 2.16 bits per heavy atom. The average molecular weight is 407 g/mol. The molecule has 0 radical (unpaired) electrons. The van der Waals surface area contributed by atoms with Crippen molar-refractivity contribution in [3.8, 4) is 0 Å². The molecule has 0 aliphatic carbocycles. The number of rotatable bonds is 5. The largest absolute Gasteiger partial charge is 0.342 e. The Morgan fingerprint density at radius 3 is 2.80 bits per heavy atom. The van der Waals surface area contributed by atoms with Crippen LogP contribution in [0, 0.1) is 0 Å². The van der Waals surface area contributed by atoms with Crippen molar-refractivity contribution >= 4 is 42.1 Å². The van der Waals surface area contributed by atoms with Gasteiger partial charge in [-0.2, -0.15) is 0 Å². The molecular weight excluding hydrogens is 383 g/mol. The van der Waals surface area contributed by atoms with Crippen molar-refractivity contribution in [2.75, 3.05) is 13.1 Å². The van der Waals surface area contributed by atoms with Crippen molar-refractivity contribution in [2.45, 2.75) is 45.2 Å². The lowest BCUT2D eigenvalue weighted by Crippen LogP contribution is -2.29. The zero-order chi connectivity index (χ0) is 16.2. The maximum atomic E-state index is 12.3. The lowest BCUT2D eigenvalue weighted by molar-refractivity contribution is 0.0934. The second-order valence-electron chi connectivity index (χ2n) is 5.78. The molecule has 1 unspecified atom stereocenters. The van der Waals surface area contributed by atoms with E-state index in [1.54, 1.807) is 17.5 Å². The second-order valence-corrected chi connectivity index (χ2v) is 6.72. The first-order valence-corrected chi connectivity index (χ1v) is 8.93. The Morgan fingerprint density at radius 1 is 1.44 bits per heavy atom. The van der Waals surface area contributed by atoms with E-state index in [1.807, 2.05) is 17.0 Å². The van der Waals surface area contributed by atoms with Crippen LogP contribution in [0.4, 0.5) is 0 Å². The fourth-order valence-electron chi connectivity index (χ4n) is 2.66. The maximum absolute atomic E-state index is 12.3. The minimum atomic E-state index is -0.205. The number of thiazole rings is 1. The minimum Gasteiger partial charge on any atom is -0.342 e. The van der Waals surface area contributed by atoms with Gasteiger partial charge in [-0.25, -0.2) is 9.67 Å². The smallest absolute Gasteiger partial charge is 0.273 e. The Hall–Kier alpha value is -1.22. The normalized spacial score (nSPS) is 15.8. The lowest BCUT2D eigenvalue weighted by Gasteiger charge is -2.22. The van der Waals surface area contributed by atoms with Gasteiger partial charge in [0.15, 0.2) is 5.69 Å². The summed E-state index contributed by atoms with van der Waals surface area (Å²) in [5.74, 6) is -0.205. The topological polar surface area (TPSA) is 84.7 Å². The summed E-state index contributed by atoms with van der Waals surface area (Å²) in [7, 11) is 0. The van der Waals surface area contributed by atoms with Gasteiger partial charge in [-0.1, -0.05) is 12.1 Å². The van der Waals surface area contributed by atoms with E-state index in [-0.39, 0.29) is 36.8 Å². The van der Waals surface area contributed by atoms with Crippen LogP contribution in [0.25, 0.3) is 0 Å². The number of aryl methyl sites for hydroxylation is 1. The first kappa shape index (κ1) is 21.8. The molecule has 2 aromatic heterocycles. The van der Waals surface area contributed by atoms with Crippen LogP contribution in [0.3, 0.4) is 0 Å². The summed E-state index contributed by atoms with van der Waals surface area (Å²) in [5, 5.41) is 17.5. The van der Waals surface area contributed by atoms with Crippen LogP contribution in [0.15, 0.2) is 11.6 Å². The van der Waals surface area contributed by atoms with Gasteiger partial charge in [0, 0.05) is 5.38 Å².